The molecule has 0 atom stereocenters. The van der Waals surface area contributed by atoms with Crippen molar-refractivity contribution in [3.63, 3.8) is 0 Å². The van der Waals surface area contributed by atoms with Gasteiger partial charge in [-0.05, 0) is 31.4 Å². The maximum atomic E-state index is 12.9. The van der Waals surface area contributed by atoms with E-state index in [0.29, 0.717) is 31.9 Å². The first-order chi connectivity index (χ1) is 11.8. The maximum absolute atomic E-state index is 12.9. The molecule has 0 N–H and O–H groups in total. The smallest absolute Gasteiger partial charge is 0.274 e. The van der Waals surface area contributed by atoms with Crippen LogP contribution in [0.3, 0.4) is 0 Å². The van der Waals surface area contributed by atoms with Crippen molar-refractivity contribution < 1.29 is 9.59 Å². The molecule has 24 heavy (non-hydrogen) atoms. The molecule has 1 aromatic heterocycles. The second-order valence-corrected chi connectivity index (χ2v) is 6.31. The van der Waals surface area contributed by atoms with Gasteiger partial charge in [0.1, 0.15) is 0 Å². The van der Waals surface area contributed by atoms with Crippen LogP contribution in [0.4, 0.5) is 0 Å². The summed E-state index contributed by atoms with van der Waals surface area (Å²) in [6, 6.07) is 9.98. The van der Waals surface area contributed by atoms with Crippen LogP contribution in [0.15, 0.2) is 30.3 Å². The van der Waals surface area contributed by atoms with E-state index in [1.165, 1.54) is 0 Å². The van der Waals surface area contributed by atoms with Crippen LogP contribution in [0.25, 0.3) is 5.69 Å². The summed E-state index contributed by atoms with van der Waals surface area (Å²) in [7, 11) is 0. The van der Waals surface area contributed by atoms with Crippen LogP contribution >= 0.6 is 0 Å². The lowest BCUT2D eigenvalue weighted by atomic mass is 10.1. The average Bonchev–Trinajstić information content (AvgIpc) is 3.24. The topological polar surface area (TPSA) is 58.4 Å². The molecule has 0 saturated carbocycles. The van der Waals surface area contributed by atoms with E-state index in [1.807, 2.05) is 39.9 Å². The van der Waals surface area contributed by atoms with Gasteiger partial charge >= 0.3 is 0 Å². The summed E-state index contributed by atoms with van der Waals surface area (Å²) >= 11 is 0. The first-order valence-corrected chi connectivity index (χ1v) is 8.43. The van der Waals surface area contributed by atoms with Crippen molar-refractivity contribution in [3.8, 4) is 5.69 Å². The number of fused-ring (bicyclic) bond motifs is 1. The third kappa shape index (κ3) is 2.48. The quantitative estimate of drug-likeness (QED) is 0.799. The number of para-hydroxylation sites is 1. The SMILES string of the molecule is O=CN1CCN(C(=O)c2nn(-c3ccccc3)c3c2CCC3)CC1. The zero-order valence-electron chi connectivity index (χ0n) is 13.5. The molecule has 1 saturated heterocycles. The number of carbonyl (C=O) groups excluding carboxylic acids is 2. The standard InChI is InChI=1S/C18H20N4O2/c23-13-20-9-11-21(12-10-20)18(24)17-15-7-4-8-16(15)22(19-17)14-5-2-1-3-6-14/h1-3,5-6,13H,4,7-12H2. The lowest BCUT2D eigenvalue weighted by molar-refractivity contribution is -0.119. The van der Waals surface area contributed by atoms with Gasteiger partial charge in [0.05, 0.1) is 5.69 Å². The van der Waals surface area contributed by atoms with E-state index in [4.69, 9.17) is 0 Å². The Morgan fingerprint density at radius 3 is 2.50 bits per heavy atom. The van der Waals surface area contributed by atoms with Crippen LogP contribution in [0.2, 0.25) is 0 Å². The van der Waals surface area contributed by atoms with Gasteiger partial charge in [-0.1, -0.05) is 18.2 Å². The van der Waals surface area contributed by atoms with Gasteiger partial charge in [-0.2, -0.15) is 5.10 Å². The molecule has 4 rings (SSSR count). The number of aromatic nitrogens is 2. The summed E-state index contributed by atoms with van der Waals surface area (Å²) in [4.78, 5) is 27.3. The fourth-order valence-electron chi connectivity index (χ4n) is 3.57. The molecule has 2 aromatic rings. The minimum atomic E-state index is -0.00613. The number of hydrogen-bond donors (Lipinski definition) is 0. The molecule has 2 heterocycles. The van der Waals surface area contributed by atoms with Crippen molar-refractivity contribution in [3.05, 3.63) is 47.3 Å². The second kappa shape index (κ2) is 6.11. The van der Waals surface area contributed by atoms with E-state index in [1.54, 1.807) is 4.90 Å². The van der Waals surface area contributed by atoms with Crippen LogP contribution < -0.4 is 0 Å². The molecule has 6 nitrogen and oxygen atoms in total. The van der Waals surface area contributed by atoms with E-state index in [-0.39, 0.29) is 5.91 Å². The first kappa shape index (κ1) is 14.9. The van der Waals surface area contributed by atoms with Gasteiger partial charge < -0.3 is 9.80 Å². The summed E-state index contributed by atoms with van der Waals surface area (Å²) in [5.41, 5.74) is 3.85. The fraction of sp³-hybridized carbons (Fsp3) is 0.389. The maximum Gasteiger partial charge on any atom is 0.274 e. The molecule has 1 fully saturated rings. The van der Waals surface area contributed by atoms with Crippen LogP contribution in [0.5, 0.6) is 0 Å². The highest BCUT2D eigenvalue weighted by molar-refractivity contribution is 5.94. The van der Waals surface area contributed by atoms with Crippen LogP contribution in [-0.2, 0) is 17.6 Å². The van der Waals surface area contributed by atoms with Crippen molar-refractivity contribution >= 4 is 12.3 Å². The van der Waals surface area contributed by atoms with Crippen LogP contribution in [0.1, 0.15) is 28.2 Å². The van der Waals surface area contributed by atoms with Gasteiger partial charge in [0.15, 0.2) is 5.69 Å². The zero-order chi connectivity index (χ0) is 16.5. The number of carbonyl (C=O) groups is 2. The van der Waals surface area contributed by atoms with Crippen LogP contribution in [0, 0.1) is 0 Å². The van der Waals surface area contributed by atoms with E-state index < -0.39 is 0 Å². The summed E-state index contributed by atoms with van der Waals surface area (Å²) < 4.78 is 1.93. The predicted octanol–water partition coefficient (Wildman–Crippen LogP) is 1.28. The molecule has 124 valence electrons. The summed E-state index contributed by atoms with van der Waals surface area (Å²) in [5.74, 6) is -0.00613. The lowest BCUT2D eigenvalue weighted by Crippen LogP contribution is -2.48. The van der Waals surface area contributed by atoms with Gasteiger partial charge in [-0.25, -0.2) is 4.68 Å². The Morgan fingerprint density at radius 2 is 1.79 bits per heavy atom. The largest absolute Gasteiger partial charge is 0.342 e. The highest BCUT2D eigenvalue weighted by atomic mass is 16.2. The third-order valence-electron chi connectivity index (χ3n) is 4.88. The molecule has 1 aliphatic carbocycles. The molecule has 0 unspecified atom stereocenters. The minimum absolute atomic E-state index is 0.00613. The third-order valence-corrected chi connectivity index (χ3v) is 4.88. The summed E-state index contributed by atoms with van der Waals surface area (Å²) in [6.07, 6.45) is 3.80. The Morgan fingerprint density at radius 1 is 1.04 bits per heavy atom. The Bertz CT molecular complexity index is 761. The van der Waals surface area contributed by atoms with Gasteiger partial charge in [0.25, 0.3) is 5.91 Å². The van der Waals surface area contributed by atoms with Gasteiger partial charge in [-0.15, -0.1) is 0 Å². The molecule has 1 aromatic carbocycles. The monoisotopic (exact) mass is 324 g/mol. The van der Waals surface area contributed by atoms with Crippen LogP contribution in [-0.4, -0.2) is 58.1 Å². The van der Waals surface area contributed by atoms with Crippen molar-refractivity contribution in [2.45, 2.75) is 19.3 Å². The summed E-state index contributed by atoms with van der Waals surface area (Å²) in [6.45, 7) is 2.34. The Labute approximate surface area is 140 Å². The van der Waals surface area contributed by atoms with Gasteiger partial charge in [0.2, 0.25) is 6.41 Å². The van der Waals surface area contributed by atoms with Crippen molar-refractivity contribution in [2.75, 3.05) is 26.2 Å². The highest BCUT2D eigenvalue weighted by Gasteiger charge is 2.30. The molecule has 1 aliphatic heterocycles. The Hall–Kier alpha value is -2.63. The fourth-order valence-corrected chi connectivity index (χ4v) is 3.57. The van der Waals surface area contributed by atoms with Gasteiger partial charge in [-0.3, -0.25) is 9.59 Å². The molecule has 2 amide bonds. The molecule has 0 radical (unpaired) electrons. The van der Waals surface area contributed by atoms with E-state index in [2.05, 4.69) is 5.10 Å². The molecule has 6 heteroatoms. The van der Waals surface area contributed by atoms with E-state index >= 15 is 0 Å². The highest BCUT2D eigenvalue weighted by Crippen LogP contribution is 2.28. The molecule has 0 bridgehead atoms. The molecular formula is C18H20N4O2. The number of hydrogen-bond acceptors (Lipinski definition) is 3. The number of piperazine rings is 1. The van der Waals surface area contributed by atoms with E-state index in [0.717, 1.165) is 42.6 Å². The Balaban J connectivity index is 1.64. The van der Waals surface area contributed by atoms with Gasteiger partial charge in [0, 0.05) is 37.4 Å². The number of amides is 2. The first-order valence-electron chi connectivity index (χ1n) is 8.43. The number of rotatable bonds is 3. The lowest BCUT2D eigenvalue weighted by Gasteiger charge is -2.32. The normalized spacial score (nSPS) is 17.0. The molecular weight excluding hydrogens is 304 g/mol. The number of benzene rings is 1. The predicted molar refractivity (Wildman–Crippen MR) is 89.1 cm³/mol. The Kier molecular flexibility index (Phi) is 3.80. The minimum Gasteiger partial charge on any atom is -0.342 e. The molecule has 2 aliphatic rings. The second-order valence-electron chi connectivity index (χ2n) is 6.31. The number of nitrogens with zero attached hydrogens (tertiary/aromatic N) is 4. The van der Waals surface area contributed by atoms with Crippen molar-refractivity contribution in [2.24, 2.45) is 0 Å². The average molecular weight is 324 g/mol. The van der Waals surface area contributed by atoms with Crippen molar-refractivity contribution in [1.82, 2.24) is 19.6 Å². The molecule has 0 spiro atoms. The van der Waals surface area contributed by atoms with E-state index in [9.17, 15) is 9.59 Å². The summed E-state index contributed by atoms with van der Waals surface area (Å²) in [5, 5.41) is 4.66. The van der Waals surface area contributed by atoms with Crippen molar-refractivity contribution in [1.29, 1.82) is 0 Å². The zero-order valence-corrected chi connectivity index (χ0v) is 13.5.